The first-order valence-corrected chi connectivity index (χ1v) is 12.0. The van der Waals surface area contributed by atoms with Gasteiger partial charge in [0, 0.05) is 32.0 Å². The SMILES string of the molecule is NC(=O)C1CCN(C(=O)CCc2ccc(S(=O)(=O)NCCc3ccccc3)cc2)CC1. The minimum absolute atomic E-state index is 0.0437. The van der Waals surface area contributed by atoms with Gasteiger partial charge in [0.2, 0.25) is 21.8 Å². The van der Waals surface area contributed by atoms with E-state index in [2.05, 4.69) is 4.72 Å². The average Bonchev–Trinajstić information content (AvgIpc) is 2.78. The van der Waals surface area contributed by atoms with Crippen LogP contribution in [0.1, 0.15) is 30.4 Å². The van der Waals surface area contributed by atoms with Gasteiger partial charge in [0.25, 0.3) is 0 Å². The van der Waals surface area contributed by atoms with Crippen LogP contribution in [-0.4, -0.2) is 44.8 Å². The summed E-state index contributed by atoms with van der Waals surface area (Å²) in [7, 11) is -3.57. The smallest absolute Gasteiger partial charge is 0.240 e. The van der Waals surface area contributed by atoms with Crippen LogP contribution in [0, 0.1) is 5.92 Å². The summed E-state index contributed by atoms with van der Waals surface area (Å²) in [5, 5.41) is 0. The molecule has 1 saturated heterocycles. The van der Waals surface area contributed by atoms with E-state index < -0.39 is 10.0 Å². The number of hydrogen-bond donors (Lipinski definition) is 2. The van der Waals surface area contributed by atoms with Gasteiger partial charge in [-0.25, -0.2) is 13.1 Å². The molecule has 3 rings (SSSR count). The molecular weight excluding hydrogens is 414 g/mol. The fraction of sp³-hybridized carbons (Fsp3) is 0.391. The molecule has 8 heteroatoms. The highest BCUT2D eigenvalue weighted by Crippen LogP contribution is 2.18. The van der Waals surface area contributed by atoms with E-state index in [1.54, 1.807) is 29.2 Å². The standard InChI is InChI=1S/C23H29N3O4S/c24-23(28)20-13-16-26(17-14-20)22(27)11-8-19-6-9-21(10-7-19)31(29,30)25-15-12-18-4-2-1-3-5-18/h1-7,9-10,20,25H,8,11-17H2,(H2,24,28). The van der Waals surface area contributed by atoms with E-state index in [4.69, 9.17) is 5.73 Å². The first kappa shape index (κ1) is 23.0. The number of piperidine rings is 1. The number of sulfonamides is 1. The highest BCUT2D eigenvalue weighted by atomic mass is 32.2. The van der Waals surface area contributed by atoms with Crippen LogP contribution in [0.2, 0.25) is 0 Å². The van der Waals surface area contributed by atoms with Crippen LogP contribution >= 0.6 is 0 Å². The van der Waals surface area contributed by atoms with Crippen molar-refractivity contribution < 1.29 is 18.0 Å². The topological polar surface area (TPSA) is 110 Å². The number of aryl methyl sites for hydroxylation is 1. The molecule has 0 spiro atoms. The summed E-state index contributed by atoms with van der Waals surface area (Å²) in [6.07, 6.45) is 2.74. The Bertz CT molecular complexity index is 983. The first-order chi connectivity index (χ1) is 14.8. The van der Waals surface area contributed by atoms with E-state index in [0.29, 0.717) is 51.7 Å². The molecule has 0 atom stereocenters. The predicted molar refractivity (Wildman–Crippen MR) is 119 cm³/mol. The molecule has 1 heterocycles. The lowest BCUT2D eigenvalue weighted by Crippen LogP contribution is -2.41. The van der Waals surface area contributed by atoms with Gasteiger partial charge in [-0.15, -0.1) is 0 Å². The van der Waals surface area contributed by atoms with E-state index in [0.717, 1.165) is 11.1 Å². The molecule has 3 N–H and O–H groups in total. The van der Waals surface area contributed by atoms with E-state index in [1.807, 2.05) is 30.3 Å². The zero-order valence-electron chi connectivity index (χ0n) is 17.5. The average molecular weight is 444 g/mol. The summed E-state index contributed by atoms with van der Waals surface area (Å²) < 4.78 is 27.6. The minimum Gasteiger partial charge on any atom is -0.369 e. The van der Waals surface area contributed by atoms with Crippen molar-refractivity contribution in [2.75, 3.05) is 19.6 Å². The Labute approximate surface area is 183 Å². The number of rotatable bonds is 9. The summed E-state index contributed by atoms with van der Waals surface area (Å²) >= 11 is 0. The Morgan fingerprint density at radius 2 is 1.55 bits per heavy atom. The second-order valence-corrected chi connectivity index (χ2v) is 9.60. The summed E-state index contributed by atoms with van der Waals surface area (Å²) in [6, 6.07) is 16.3. The highest BCUT2D eigenvalue weighted by Gasteiger charge is 2.25. The molecule has 0 radical (unpaired) electrons. The lowest BCUT2D eigenvalue weighted by Gasteiger charge is -2.30. The second-order valence-electron chi connectivity index (χ2n) is 7.83. The van der Waals surface area contributed by atoms with E-state index in [1.165, 1.54) is 0 Å². The fourth-order valence-electron chi connectivity index (χ4n) is 3.72. The van der Waals surface area contributed by atoms with Gasteiger partial charge in [-0.1, -0.05) is 42.5 Å². The summed E-state index contributed by atoms with van der Waals surface area (Å²) in [5.41, 5.74) is 7.31. The summed E-state index contributed by atoms with van der Waals surface area (Å²) in [5.74, 6) is -0.390. The van der Waals surface area contributed by atoms with E-state index >= 15 is 0 Å². The first-order valence-electron chi connectivity index (χ1n) is 10.5. The number of amides is 2. The number of carbonyl (C=O) groups is 2. The zero-order chi connectivity index (χ0) is 22.3. The maximum absolute atomic E-state index is 12.5. The van der Waals surface area contributed by atoms with E-state index in [-0.39, 0.29) is 22.6 Å². The minimum atomic E-state index is -3.57. The van der Waals surface area contributed by atoms with Gasteiger partial charge in [-0.3, -0.25) is 9.59 Å². The highest BCUT2D eigenvalue weighted by molar-refractivity contribution is 7.89. The van der Waals surface area contributed by atoms with Crippen LogP contribution in [0.15, 0.2) is 59.5 Å². The van der Waals surface area contributed by atoms with Crippen molar-refractivity contribution in [1.82, 2.24) is 9.62 Å². The molecule has 2 aromatic rings. The van der Waals surface area contributed by atoms with E-state index in [9.17, 15) is 18.0 Å². The van der Waals surface area contributed by atoms with Crippen molar-refractivity contribution >= 4 is 21.8 Å². The van der Waals surface area contributed by atoms with Gasteiger partial charge in [-0.2, -0.15) is 0 Å². The van der Waals surface area contributed by atoms with Crippen LogP contribution in [0.5, 0.6) is 0 Å². The molecule has 1 fully saturated rings. The number of nitrogens with zero attached hydrogens (tertiary/aromatic N) is 1. The number of nitrogens with one attached hydrogen (secondary N) is 1. The number of primary amides is 1. The lowest BCUT2D eigenvalue weighted by molar-refractivity contribution is -0.134. The molecule has 2 amide bonds. The molecule has 166 valence electrons. The van der Waals surface area contributed by atoms with Crippen molar-refractivity contribution in [3.63, 3.8) is 0 Å². The molecule has 1 aliphatic rings. The van der Waals surface area contributed by atoms with Gasteiger partial charge in [-0.05, 0) is 48.9 Å². The van der Waals surface area contributed by atoms with Crippen LogP contribution in [0.25, 0.3) is 0 Å². The molecule has 0 aromatic heterocycles. The molecule has 0 bridgehead atoms. The van der Waals surface area contributed by atoms with Crippen LogP contribution < -0.4 is 10.5 Å². The largest absolute Gasteiger partial charge is 0.369 e. The molecule has 0 unspecified atom stereocenters. The predicted octanol–water partition coefficient (Wildman–Crippen LogP) is 1.86. The summed E-state index contributed by atoms with van der Waals surface area (Å²) in [4.78, 5) is 25.6. The number of carbonyl (C=O) groups excluding carboxylic acids is 2. The third kappa shape index (κ3) is 6.63. The number of hydrogen-bond acceptors (Lipinski definition) is 4. The van der Waals surface area contributed by atoms with Crippen LogP contribution in [0.4, 0.5) is 0 Å². The van der Waals surface area contributed by atoms with Crippen molar-refractivity contribution in [1.29, 1.82) is 0 Å². The molecule has 0 aliphatic carbocycles. The third-order valence-corrected chi connectivity index (χ3v) is 7.14. The molecular formula is C23H29N3O4S. The second kappa shape index (κ2) is 10.5. The Balaban J connectivity index is 1.46. The molecule has 7 nitrogen and oxygen atoms in total. The quantitative estimate of drug-likeness (QED) is 0.616. The van der Waals surface area contributed by atoms with Crippen molar-refractivity contribution in [3.8, 4) is 0 Å². The Hall–Kier alpha value is -2.71. The van der Waals surface area contributed by atoms with Gasteiger partial charge in [0.1, 0.15) is 0 Å². The molecule has 31 heavy (non-hydrogen) atoms. The molecule has 2 aromatic carbocycles. The Kier molecular flexibility index (Phi) is 7.81. The lowest BCUT2D eigenvalue weighted by atomic mass is 9.96. The molecule has 1 aliphatic heterocycles. The Morgan fingerprint density at radius 3 is 2.16 bits per heavy atom. The summed E-state index contributed by atoms with van der Waals surface area (Å²) in [6.45, 7) is 1.44. The van der Waals surface area contributed by atoms with Crippen molar-refractivity contribution in [2.24, 2.45) is 11.7 Å². The van der Waals surface area contributed by atoms with Crippen molar-refractivity contribution in [3.05, 3.63) is 65.7 Å². The number of benzene rings is 2. The maximum Gasteiger partial charge on any atom is 0.240 e. The normalized spacial score (nSPS) is 15.0. The third-order valence-electron chi connectivity index (χ3n) is 5.66. The van der Waals surface area contributed by atoms with Crippen LogP contribution in [0.3, 0.4) is 0 Å². The number of nitrogens with two attached hydrogens (primary N) is 1. The number of likely N-dealkylation sites (tertiary alicyclic amines) is 1. The monoisotopic (exact) mass is 443 g/mol. The maximum atomic E-state index is 12.5. The van der Waals surface area contributed by atoms with Gasteiger partial charge < -0.3 is 10.6 Å². The Morgan fingerprint density at radius 1 is 0.935 bits per heavy atom. The fourth-order valence-corrected chi connectivity index (χ4v) is 4.75. The zero-order valence-corrected chi connectivity index (χ0v) is 18.3. The van der Waals surface area contributed by atoms with Gasteiger partial charge in [0.05, 0.1) is 4.90 Å². The van der Waals surface area contributed by atoms with Gasteiger partial charge >= 0.3 is 0 Å². The van der Waals surface area contributed by atoms with Gasteiger partial charge in [0.15, 0.2) is 0 Å². The molecule has 0 saturated carbocycles. The van der Waals surface area contributed by atoms with Crippen LogP contribution in [-0.2, 0) is 32.5 Å². The van der Waals surface area contributed by atoms with Crippen molar-refractivity contribution in [2.45, 2.75) is 37.0 Å².